The number of benzene rings is 1. The van der Waals surface area contributed by atoms with Gasteiger partial charge >= 0.3 is 6.09 Å². The monoisotopic (exact) mass is 217 g/mol. The minimum absolute atomic E-state index is 0.293. The Balaban J connectivity index is 1.94. The lowest BCUT2D eigenvalue weighted by atomic mass is 10.2. The van der Waals surface area contributed by atoms with Gasteiger partial charge in [-0.15, -0.1) is 4.57 Å². The first-order chi connectivity index (χ1) is 7.75. The molecule has 0 atom stereocenters. The Kier molecular flexibility index (Phi) is 3.00. The highest BCUT2D eigenvalue weighted by molar-refractivity contribution is 5.56. The maximum absolute atomic E-state index is 11.6. The minimum atomic E-state index is -0.371. The predicted octanol–water partition coefficient (Wildman–Crippen LogP) is 1.50. The third-order valence-electron chi connectivity index (χ3n) is 2.18. The van der Waals surface area contributed by atoms with Crippen molar-refractivity contribution in [3.05, 3.63) is 54.6 Å². The summed E-state index contributed by atoms with van der Waals surface area (Å²) in [4.78, 5) is 11.6. The summed E-state index contributed by atoms with van der Waals surface area (Å²) in [7, 11) is 1.85. The SMILES string of the molecule is Cn1cc[n+](C(=O)OCc2ccccc2)c1. The summed E-state index contributed by atoms with van der Waals surface area (Å²) in [6.07, 6.45) is 4.73. The Morgan fingerprint density at radius 3 is 2.75 bits per heavy atom. The molecule has 0 aliphatic rings. The third-order valence-corrected chi connectivity index (χ3v) is 2.18. The molecule has 16 heavy (non-hydrogen) atoms. The van der Waals surface area contributed by atoms with Gasteiger partial charge in [-0.2, -0.15) is 4.79 Å². The Bertz CT molecular complexity index is 477. The number of imidazole rings is 1. The molecular formula is C12H13N2O2+. The maximum atomic E-state index is 11.6. The van der Waals surface area contributed by atoms with E-state index in [0.29, 0.717) is 6.61 Å². The van der Waals surface area contributed by atoms with Gasteiger partial charge in [-0.3, -0.25) is 0 Å². The first-order valence-electron chi connectivity index (χ1n) is 5.00. The molecule has 0 unspecified atom stereocenters. The van der Waals surface area contributed by atoms with Crippen molar-refractivity contribution in [2.75, 3.05) is 0 Å². The molecule has 4 heteroatoms. The summed E-state index contributed by atoms with van der Waals surface area (Å²) < 4.78 is 8.33. The van der Waals surface area contributed by atoms with Gasteiger partial charge < -0.3 is 4.74 Å². The zero-order valence-corrected chi connectivity index (χ0v) is 9.04. The predicted molar refractivity (Wildman–Crippen MR) is 57.6 cm³/mol. The fraction of sp³-hybridized carbons (Fsp3) is 0.167. The van der Waals surface area contributed by atoms with E-state index in [1.54, 1.807) is 23.3 Å². The first kappa shape index (κ1) is 10.4. The molecule has 0 radical (unpaired) electrons. The van der Waals surface area contributed by atoms with Gasteiger partial charge in [-0.25, -0.2) is 4.57 Å². The number of hydrogen-bond acceptors (Lipinski definition) is 2. The van der Waals surface area contributed by atoms with Crippen LogP contribution < -0.4 is 4.57 Å². The van der Waals surface area contributed by atoms with Crippen LogP contribution in [0.2, 0.25) is 0 Å². The topological polar surface area (TPSA) is 35.1 Å². The van der Waals surface area contributed by atoms with Gasteiger partial charge in [-0.05, 0) is 5.56 Å². The number of aryl methyl sites for hydroxylation is 1. The van der Waals surface area contributed by atoms with Crippen molar-refractivity contribution in [2.24, 2.45) is 7.05 Å². The molecule has 0 aliphatic heterocycles. The number of carbonyl (C=O) groups excluding carboxylic acids is 1. The lowest BCUT2D eigenvalue weighted by molar-refractivity contribution is -0.586. The van der Waals surface area contributed by atoms with Crippen LogP contribution in [0.4, 0.5) is 4.79 Å². The summed E-state index contributed by atoms with van der Waals surface area (Å²) in [5, 5.41) is 0. The second-order valence-corrected chi connectivity index (χ2v) is 3.53. The molecule has 0 aliphatic carbocycles. The standard InChI is InChI=1S/C12H13N2O2/c1-13-7-8-14(10-13)12(15)16-9-11-5-3-2-4-6-11/h2-8,10H,9H2,1H3/q+1. The fourth-order valence-electron chi connectivity index (χ4n) is 1.35. The van der Waals surface area contributed by atoms with Crippen LogP contribution in [0.1, 0.15) is 5.56 Å². The average molecular weight is 217 g/mol. The summed E-state index contributed by atoms with van der Waals surface area (Å²) in [5.41, 5.74) is 0.979. The van der Waals surface area contributed by atoms with Crippen molar-refractivity contribution in [2.45, 2.75) is 6.61 Å². The molecule has 0 saturated carbocycles. The zero-order chi connectivity index (χ0) is 11.4. The number of ether oxygens (including phenoxy) is 1. The Hall–Kier alpha value is -2.10. The van der Waals surface area contributed by atoms with E-state index in [0.717, 1.165) is 5.56 Å². The van der Waals surface area contributed by atoms with Gasteiger partial charge in [0.05, 0.1) is 7.05 Å². The van der Waals surface area contributed by atoms with E-state index in [1.165, 1.54) is 4.57 Å². The largest absolute Gasteiger partial charge is 0.511 e. The lowest BCUT2D eigenvalue weighted by Crippen LogP contribution is -2.41. The highest BCUT2D eigenvalue weighted by atomic mass is 16.5. The molecule has 0 fully saturated rings. The van der Waals surface area contributed by atoms with E-state index >= 15 is 0 Å². The summed E-state index contributed by atoms with van der Waals surface area (Å²) >= 11 is 0. The van der Waals surface area contributed by atoms with E-state index in [-0.39, 0.29) is 6.09 Å². The average Bonchev–Trinajstić information content (AvgIpc) is 2.74. The molecule has 0 saturated heterocycles. The molecule has 1 aromatic heterocycles. The van der Waals surface area contributed by atoms with Crippen LogP contribution in [0.3, 0.4) is 0 Å². The molecule has 4 nitrogen and oxygen atoms in total. The maximum Gasteiger partial charge on any atom is 0.511 e. The lowest BCUT2D eigenvalue weighted by Gasteiger charge is -2.00. The second-order valence-electron chi connectivity index (χ2n) is 3.53. The molecule has 1 aromatic carbocycles. The van der Waals surface area contributed by atoms with E-state index in [1.807, 2.05) is 37.4 Å². The molecule has 0 amide bonds. The zero-order valence-electron chi connectivity index (χ0n) is 9.04. The number of hydrogen-bond donors (Lipinski definition) is 0. The second kappa shape index (κ2) is 4.61. The normalized spacial score (nSPS) is 10.1. The van der Waals surface area contributed by atoms with Crippen molar-refractivity contribution >= 4 is 6.09 Å². The highest BCUT2D eigenvalue weighted by Gasteiger charge is 2.12. The van der Waals surface area contributed by atoms with Crippen LogP contribution in [-0.4, -0.2) is 10.7 Å². The number of aromatic nitrogens is 2. The Morgan fingerprint density at radius 1 is 1.38 bits per heavy atom. The van der Waals surface area contributed by atoms with Crippen molar-refractivity contribution in [3.8, 4) is 0 Å². The van der Waals surface area contributed by atoms with Crippen LogP contribution >= 0.6 is 0 Å². The highest BCUT2D eigenvalue weighted by Crippen LogP contribution is 2.00. The first-order valence-corrected chi connectivity index (χ1v) is 5.00. The quantitative estimate of drug-likeness (QED) is 0.714. The van der Waals surface area contributed by atoms with Crippen LogP contribution in [0, 0.1) is 0 Å². The van der Waals surface area contributed by atoms with Gasteiger partial charge in [0.25, 0.3) is 6.33 Å². The van der Waals surface area contributed by atoms with Crippen molar-refractivity contribution in [1.29, 1.82) is 0 Å². The minimum Gasteiger partial charge on any atom is -0.426 e. The fourth-order valence-corrected chi connectivity index (χ4v) is 1.35. The number of nitrogens with zero attached hydrogens (tertiary/aromatic N) is 2. The van der Waals surface area contributed by atoms with Gasteiger partial charge in [0, 0.05) is 0 Å². The smallest absolute Gasteiger partial charge is 0.426 e. The van der Waals surface area contributed by atoms with Crippen molar-refractivity contribution in [3.63, 3.8) is 0 Å². The molecule has 82 valence electrons. The van der Waals surface area contributed by atoms with E-state index in [4.69, 9.17) is 4.74 Å². The van der Waals surface area contributed by atoms with Crippen LogP contribution in [0.25, 0.3) is 0 Å². The number of rotatable bonds is 2. The van der Waals surface area contributed by atoms with Gasteiger partial charge in [0.15, 0.2) is 0 Å². The van der Waals surface area contributed by atoms with Gasteiger partial charge in [0.1, 0.15) is 19.0 Å². The summed E-state index contributed by atoms with van der Waals surface area (Å²) in [5.74, 6) is 0. The van der Waals surface area contributed by atoms with E-state index in [2.05, 4.69) is 0 Å². The molecule has 0 N–H and O–H groups in total. The van der Waals surface area contributed by atoms with Gasteiger partial charge in [-0.1, -0.05) is 30.3 Å². The molecule has 1 heterocycles. The molecule has 0 spiro atoms. The summed E-state index contributed by atoms with van der Waals surface area (Å²) in [6, 6.07) is 9.60. The van der Waals surface area contributed by atoms with E-state index < -0.39 is 0 Å². The molecule has 2 aromatic rings. The van der Waals surface area contributed by atoms with Crippen molar-refractivity contribution in [1.82, 2.24) is 4.57 Å². The molecule has 0 bridgehead atoms. The van der Waals surface area contributed by atoms with Crippen LogP contribution in [-0.2, 0) is 18.4 Å². The van der Waals surface area contributed by atoms with Gasteiger partial charge in [0.2, 0.25) is 0 Å². The van der Waals surface area contributed by atoms with Crippen LogP contribution in [0.15, 0.2) is 49.1 Å². The Morgan fingerprint density at radius 2 is 2.12 bits per heavy atom. The Labute approximate surface area is 93.7 Å². The van der Waals surface area contributed by atoms with Crippen LogP contribution in [0.5, 0.6) is 0 Å². The molecule has 2 rings (SSSR count). The molecular weight excluding hydrogens is 204 g/mol. The summed E-state index contributed by atoms with van der Waals surface area (Å²) in [6.45, 7) is 0.293. The van der Waals surface area contributed by atoms with E-state index in [9.17, 15) is 4.79 Å². The third kappa shape index (κ3) is 2.48. The number of carbonyl (C=O) groups is 1. The van der Waals surface area contributed by atoms with Crippen molar-refractivity contribution < 1.29 is 14.1 Å².